The highest BCUT2D eigenvalue weighted by atomic mass is 32.1. The molecule has 1 aliphatic heterocycles. The number of carbonyl (C=O) groups is 1. The standard InChI is InChI=1S/C13H14N2O2S/c1-8-4-2-6-10-11(8)14-13(18-10)15-12(16)9-5-3-7-17-9/h2,4,6,9H,3,5,7H2,1H3,(H,14,15,16)/t9-/m1/s1. The fraction of sp³-hybridized carbons (Fsp3) is 0.385. The van der Waals surface area contributed by atoms with Gasteiger partial charge >= 0.3 is 0 Å². The predicted molar refractivity (Wildman–Crippen MR) is 72.0 cm³/mol. The molecule has 2 heterocycles. The number of thiazole rings is 1. The number of nitrogens with zero attached hydrogens (tertiary/aromatic N) is 1. The molecule has 1 aromatic carbocycles. The van der Waals surface area contributed by atoms with Crippen molar-refractivity contribution in [2.75, 3.05) is 11.9 Å². The molecule has 0 aliphatic carbocycles. The Labute approximate surface area is 109 Å². The van der Waals surface area contributed by atoms with E-state index in [1.165, 1.54) is 11.3 Å². The van der Waals surface area contributed by atoms with E-state index in [4.69, 9.17) is 4.74 Å². The maximum Gasteiger partial charge on any atom is 0.255 e. The van der Waals surface area contributed by atoms with Gasteiger partial charge in [0.15, 0.2) is 5.13 Å². The molecule has 94 valence electrons. The normalized spacial score (nSPS) is 19.3. The number of anilines is 1. The van der Waals surface area contributed by atoms with Gasteiger partial charge in [-0.15, -0.1) is 0 Å². The molecule has 0 radical (unpaired) electrons. The number of carbonyl (C=O) groups excluding carboxylic acids is 1. The van der Waals surface area contributed by atoms with Gasteiger partial charge in [0.25, 0.3) is 5.91 Å². The molecule has 2 aromatic rings. The Morgan fingerprint density at radius 3 is 3.17 bits per heavy atom. The molecule has 0 spiro atoms. The number of ether oxygens (including phenoxy) is 1. The zero-order valence-corrected chi connectivity index (χ0v) is 10.9. The highest BCUT2D eigenvalue weighted by Crippen LogP contribution is 2.28. The van der Waals surface area contributed by atoms with Gasteiger partial charge in [0.2, 0.25) is 0 Å². The summed E-state index contributed by atoms with van der Waals surface area (Å²) in [5.41, 5.74) is 2.09. The zero-order valence-electron chi connectivity index (χ0n) is 10.1. The summed E-state index contributed by atoms with van der Waals surface area (Å²) in [4.78, 5) is 16.4. The van der Waals surface area contributed by atoms with Crippen molar-refractivity contribution < 1.29 is 9.53 Å². The summed E-state index contributed by atoms with van der Waals surface area (Å²) in [6.07, 6.45) is 1.45. The lowest BCUT2D eigenvalue weighted by Gasteiger charge is -2.07. The van der Waals surface area contributed by atoms with Crippen molar-refractivity contribution in [3.05, 3.63) is 23.8 Å². The molecule has 18 heavy (non-hydrogen) atoms. The van der Waals surface area contributed by atoms with Crippen LogP contribution in [0.25, 0.3) is 10.2 Å². The minimum absolute atomic E-state index is 0.0794. The third-order valence-corrected chi connectivity index (χ3v) is 4.01. The van der Waals surface area contributed by atoms with Gasteiger partial charge in [0.1, 0.15) is 6.10 Å². The number of nitrogens with one attached hydrogen (secondary N) is 1. The first-order chi connectivity index (χ1) is 8.74. The van der Waals surface area contributed by atoms with Crippen molar-refractivity contribution in [3.8, 4) is 0 Å². The average Bonchev–Trinajstić information content (AvgIpc) is 2.97. The molecule has 3 rings (SSSR count). The maximum atomic E-state index is 11.9. The Morgan fingerprint density at radius 2 is 2.44 bits per heavy atom. The number of fused-ring (bicyclic) bond motifs is 1. The molecular weight excluding hydrogens is 248 g/mol. The number of benzene rings is 1. The van der Waals surface area contributed by atoms with E-state index in [1.807, 2.05) is 25.1 Å². The topological polar surface area (TPSA) is 51.2 Å². The van der Waals surface area contributed by atoms with Crippen LogP contribution in [0.2, 0.25) is 0 Å². The second-order valence-corrected chi connectivity index (χ2v) is 5.46. The number of amides is 1. The molecule has 0 unspecified atom stereocenters. The van der Waals surface area contributed by atoms with Crippen LogP contribution < -0.4 is 5.32 Å². The van der Waals surface area contributed by atoms with E-state index in [1.54, 1.807) is 0 Å². The van der Waals surface area contributed by atoms with Gasteiger partial charge < -0.3 is 4.74 Å². The van der Waals surface area contributed by atoms with E-state index in [2.05, 4.69) is 10.3 Å². The first-order valence-electron chi connectivity index (χ1n) is 6.02. The van der Waals surface area contributed by atoms with Crippen LogP contribution >= 0.6 is 11.3 Å². The van der Waals surface area contributed by atoms with Crippen LogP contribution in [0.15, 0.2) is 18.2 Å². The summed E-state index contributed by atoms with van der Waals surface area (Å²) < 4.78 is 6.44. The Bertz CT molecular complexity index is 588. The van der Waals surface area contributed by atoms with Crippen molar-refractivity contribution in [2.45, 2.75) is 25.9 Å². The quantitative estimate of drug-likeness (QED) is 0.905. The predicted octanol–water partition coefficient (Wildman–Crippen LogP) is 2.72. The van der Waals surface area contributed by atoms with E-state index < -0.39 is 0 Å². The van der Waals surface area contributed by atoms with Gasteiger partial charge in [-0.3, -0.25) is 10.1 Å². The maximum absolute atomic E-state index is 11.9. The van der Waals surface area contributed by atoms with Crippen LogP contribution in [-0.2, 0) is 9.53 Å². The zero-order chi connectivity index (χ0) is 12.5. The fourth-order valence-electron chi connectivity index (χ4n) is 2.11. The smallest absolute Gasteiger partial charge is 0.255 e. The van der Waals surface area contributed by atoms with E-state index in [-0.39, 0.29) is 12.0 Å². The van der Waals surface area contributed by atoms with Crippen molar-refractivity contribution in [2.24, 2.45) is 0 Å². The molecule has 5 heteroatoms. The largest absolute Gasteiger partial charge is 0.368 e. The van der Waals surface area contributed by atoms with Gasteiger partial charge in [-0.25, -0.2) is 4.98 Å². The highest BCUT2D eigenvalue weighted by molar-refractivity contribution is 7.22. The highest BCUT2D eigenvalue weighted by Gasteiger charge is 2.24. The minimum Gasteiger partial charge on any atom is -0.368 e. The molecule has 1 N–H and O–H groups in total. The van der Waals surface area contributed by atoms with E-state index in [9.17, 15) is 4.79 Å². The van der Waals surface area contributed by atoms with Gasteiger partial charge in [-0.2, -0.15) is 0 Å². The van der Waals surface area contributed by atoms with Crippen LogP contribution in [-0.4, -0.2) is 23.6 Å². The van der Waals surface area contributed by atoms with Crippen molar-refractivity contribution >= 4 is 32.6 Å². The van der Waals surface area contributed by atoms with E-state index in [0.717, 1.165) is 28.6 Å². The van der Waals surface area contributed by atoms with Crippen LogP contribution in [0.1, 0.15) is 18.4 Å². The monoisotopic (exact) mass is 262 g/mol. The second kappa shape index (κ2) is 4.66. The molecule has 4 nitrogen and oxygen atoms in total. The van der Waals surface area contributed by atoms with Crippen LogP contribution in [0.3, 0.4) is 0 Å². The SMILES string of the molecule is Cc1cccc2sc(NC(=O)[C@H]3CCCO3)nc12. The second-order valence-electron chi connectivity index (χ2n) is 4.43. The lowest BCUT2D eigenvalue weighted by molar-refractivity contribution is -0.124. The molecule has 1 aliphatic rings. The average molecular weight is 262 g/mol. The summed E-state index contributed by atoms with van der Waals surface area (Å²) in [7, 11) is 0. The van der Waals surface area contributed by atoms with Crippen molar-refractivity contribution in [1.29, 1.82) is 0 Å². The molecule has 1 aromatic heterocycles. The number of hydrogen-bond acceptors (Lipinski definition) is 4. The molecule has 1 fully saturated rings. The van der Waals surface area contributed by atoms with Gasteiger partial charge in [0, 0.05) is 6.61 Å². The third kappa shape index (κ3) is 2.11. The van der Waals surface area contributed by atoms with Gasteiger partial charge in [0.05, 0.1) is 10.2 Å². The summed E-state index contributed by atoms with van der Waals surface area (Å²) in [6.45, 7) is 2.70. The van der Waals surface area contributed by atoms with E-state index >= 15 is 0 Å². The Kier molecular flexibility index (Phi) is 3.01. The summed E-state index contributed by atoms with van der Waals surface area (Å²) in [5.74, 6) is -0.0794. The number of para-hydroxylation sites is 1. The van der Waals surface area contributed by atoms with Crippen molar-refractivity contribution in [1.82, 2.24) is 4.98 Å². The fourth-order valence-corrected chi connectivity index (χ4v) is 3.06. The number of aromatic nitrogens is 1. The Morgan fingerprint density at radius 1 is 1.56 bits per heavy atom. The van der Waals surface area contributed by atoms with E-state index in [0.29, 0.717) is 11.7 Å². The van der Waals surface area contributed by atoms with Crippen molar-refractivity contribution in [3.63, 3.8) is 0 Å². The van der Waals surface area contributed by atoms with Gasteiger partial charge in [-0.1, -0.05) is 23.5 Å². The lowest BCUT2D eigenvalue weighted by atomic mass is 10.2. The van der Waals surface area contributed by atoms with Crippen LogP contribution in [0, 0.1) is 6.92 Å². The van der Waals surface area contributed by atoms with Crippen LogP contribution in [0.5, 0.6) is 0 Å². The molecule has 0 saturated carbocycles. The van der Waals surface area contributed by atoms with Crippen LogP contribution in [0.4, 0.5) is 5.13 Å². The number of hydrogen-bond donors (Lipinski definition) is 1. The first kappa shape index (κ1) is 11.6. The number of rotatable bonds is 2. The summed E-state index contributed by atoms with van der Waals surface area (Å²) in [6, 6.07) is 6.04. The summed E-state index contributed by atoms with van der Waals surface area (Å²) >= 11 is 1.50. The lowest BCUT2D eigenvalue weighted by Crippen LogP contribution is -2.26. The molecule has 1 atom stereocenters. The first-order valence-corrected chi connectivity index (χ1v) is 6.84. The minimum atomic E-state index is -0.307. The molecule has 1 saturated heterocycles. The number of aryl methyl sites for hydroxylation is 1. The molecule has 0 bridgehead atoms. The Balaban J connectivity index is 1.82. The summed E-state index contributed by atoms with van der Waals surface area (Å²) in [5, 5.41) is 3.50. The Hall–Kier alpha value is -1.46. The molecule has 1 amide bonds. The third-order valence-electron chi connectivity index (χ3n) is 3.07. The van der Waals surface area contributed by atoms with Gasteiger partial charge in [-0.05, 0) is 31.4 Å². The molecular formula is C13H14N2O2S.